The number of nitrogens with zero attached hydrogens (tertiary/aromatic N) is 3. The van der Waals surface area contributed by atoms with Gasteiger partial charge in [0.15, 0.2) is 0 Å². The molecule has 0 bridgehead atoms. The minimum Gasteiger partial charge on any atom is -0.376 e. The molecule has 0 unspecified atom stereocenters. The normalized spacial score (nSPS) is 11.7. The summed E-state index contributed by atoms with van der Waals surface area (Å²) in [5.74, 6) is -0.0967. The number of hydrogen-bond acceptors (Lipinski definition) is 4. The fourth-order valence-corrected chi connectivity index (χ4v) is 2.29. The number of nitrogens with one attached hydrogen (secondary N) is 2. The number of aromatic nitrogens is 3. The molecule has 2 N–H and O–H groups in total. The van der Waals surface area contributed by atoms with Gasteiger partial charge in [-0.1, -0.05) is 41.6 Å². The third kappa shape index (κ3) is 3.98. The number of amides is 1. The zero-order valence-electron chi connectivity index (χ0n) is 13.4. The van der Waals surface area contributed by atoms with E-state index in [4.69, 9.17) is 0 Å². The minimum atomic E-state index is -0.215. The first-order valence-corrected chi connectivity index (χ1v) is 7.78. The van der Waals surface area contributed by atoms with Gasteiger partial charge in [0.1, 0.15) is 5.69 Å². The standard InChI is InChI=1S/C18H19N5O/c1-14(20-18(24)12-19-15-8-4-2-5-9-15)17-13-23(22-21-17)16-10-6-3-7-11-16/h2-11,13-14,19H,12H2,1H3,(H,20,24)/t14-/m0/s1. The van der Waals surface area contributed by atoms with E-state index in [1.165, 1.54) is 0 Å². The maximum absolute atomic E-state index is 12.0. The van der Waals surface area contributed by atoms with Crippen molar-refractivity contribution < 1.29 is 4.79 Å². The summed E-state index contributed by atoms with van der Waals surface area (Å²) in [5, 5.41) is 14.2. The third-order valence-corrected chi connectivity index (χ3v) is 3.58. The van der Waals surface area contributed by atoms with E-state index in [1.54, 1.807) is 4.68 Å². The lowest BCUT2D eigenvalue weighted by Gasteiger charge is -2.12. The Morgan fingerprint density at radius 2 is 1.75 bits per heavy atom. The molecule has 24 heavy (non-hydrogen) atoms. The largest absolute Gasteiger partial charge is 0.376 e. The van der Waals surface area contributed by atoms with Gasteiger partial charge in [0.25, 0.3) is 0 Å². The van der Waals surface area contributed by atoms with E-state index in [2.05, 4.69) is 20.9 Å². The van der Waals surface area contributed by atoms with Gasteiger partial charge in [0.2, 0.25) is 5.91 Å². The molecule has 0 saturated heterocycles. The summed E-state index contributed by atoms with van der Waals surface area (Å²) in [6.07, 6.45) is 1.82. The highest BCUT2D eigenvalue weighted by molar-refractivity contribution is 5.81. The Labute approximate surface area is 140 Å². The fraction of sp³-hybridized carbons (Fsp3) is 0.167. The number of para-hydroxylation sites is 2. The van der Waals surface area contributed by atoms with Crippen molar-refractivity contribution in [1.29, 1.82) is 0 Å². The van der Waals surface area contributed by atoms with Crippen LogP contribution in [0.15, 0.2) is 66.9 Å². The molecule has 1 aromatic heterocycles. The van der Waals surface area contributed by atoms with Crippen LogP contribution in [-0.2, 0) is 4.79 Å². The van der Waals surface area contributed by atoms with Crippen LogP contribution in [0.5, 0.6) is 0 Å². The average Bonchev–Trinajstić information content (AvgIpc) is 3.12. The molecule has 1 amide bonds. The number of carbonyl (C=O) groups excluding carboxylic acids is 1. The van der Waals surface area contributed by atoms with Crippen LogP contribution in [0, 0.1) is 0 Å². The fourth-order valence-electron chi connectivity index (χ4n) is 2.29. The van der Waals surface area contributed by atoms with E-state index in [0.29, 0.717) is 5.69 Å². The zero-order chi connectivity index (χ0) is 16.8. The summed E-state index contributed by atoms with van der Waals surface area (Å²) >= 11 is 0. The molecule has 0 aliphatic heterocycles. The Hall–Kier alpha value is -3.15. The number of hydrogen-bond donors (Lipinski definition) is 2. The van der Waals surface area contributed by atoms with Crippen molar-refractivity contribution in [3.63, 3.8) is 0 Å². The molecule has 2 aromatic carbocycles. The predicted octanol–water partition coefficient (Wildman–Crippen LogP) is 2.56. The molecule has 0 aliphatic carbocycles. The lowest BCUT2D eigenvalue weighted by Crippen LogP contribution is -2.32. The lowest BCUT2D eigenvalue weighted by molar-refractivity contribution is -0.120. The Kier molecular flexibility index (Phi) is 4.86. The monoisotopic (exact) mass is 321 g/mol. The number of anilines is 1. The molecule has 0 spiro atoms. The van der Waals surface area contributed by atoms with Crippen molar-refractivity contribution in [1.82, 2.24) is 20.3 Å². The van der Waals surface area contributed by atoms with Gasteiger partial charge in [0.05, 0.1) is 24.5 Å². The molecule has 3 aromatic rings. The van der Waals surface area contributed by atoms with Gasteiger partial charge >= 0.3 is 0 Å². The van der Waals surface area contributed by atoms with Crippen LogP contribution in [0.3, 0.4) is 0 Å². The summed E-state index contributed by atoms with van der Waals surface area (Å²) in [5.41, 5.74) is 2.56. The Bertz CT molecular complexity index is 785. The molecule has 6 nitrogen and oxygen atoms in total. The highest BCUT2D eigenvalue weighted by Gasteiger charge is 2.13. The average molecular weight is 321 g/mol. The summed E-state index contributed by atoms with van der Waals surface area (Å²) in [6.45, 7) is 2.10. The van der Waals surface area contributed by atoms with E-state index in [-0.39, 0.29) is 18.5 Å². The van der Waals surface area contributed by atoms with Crippen LogP contribution >= 0.6 is 0 Å². The first-order chi connectivity index (χ1) is 11.7. The highest BCUT2D eigenvalue weighted by Crippen LogP contribution is 2.11. The molecule has 0 radical (unpaired) electrons. The SMILES string of the molecule is C[C@H](NC(=O)CNc1ccccc1)c1cn(-c2ccccc2)nn1. The molecule has 1 heterocycles. The Morgan fingerprint density at radius 3 is 2.46 bits per heavy atom. The van der Waals surface area contributed by atoms with Crippen molar-refractivity contribution in [2.45, 2.75) is 13.0 Å². The minimum absolute atomic E-state index is 0.0967. The molecule has 3 rings (SSSR count). The molecular weight excluding hydrogens is 302 g/mol. The van der Waals surface area contributed by atoms with Gasteiger partial charge in [-0.3, -0.25) is 4.79 Å². The van der Waals surface area contributed by atoms with Crippen LogP contribution in [0.1, 0.15) is 18.7 Å². The van der Waals surface area contributed by atoms with Crippen LogP contribution in [-0.4, -0.2) is 27.4 Å². The maximum atomic E-state index is 12.0. The van der Waals surface area contributed by atoms with Crippen molar-refractivity contribution in [2.24, 2.45) is 0 Å². The van der Waals surface area contributed by atoms with Gasteiger partial charge in [-0.15, -0.1) is 5.10 Å². The Morgan fingerprint density at radius 1 is 1.08 bits per heavy atom. The number of benzene rings is 2. The first kappa shape index (κ1) is 15.7. The van der Waals surface area contributed by atoms with Gasteiger partial charge in [-0.2, -0.15) is 0 Å². The van der Waals surface area contributed by atoms with E-state index in [0.717, 1.165) is 11.4 Å². The quantitative estimate of drug-likeness (QED) is 0.732. The van der Waals surface area contributed by atoms with E-state index in [1.807, 2.05) is 73.8 Å². The van der Waals surface area contributed by atoms with E-state index in [9.17, 15) is 4.79 Å². The zero-order valence-corrected chi connectivity index (χ0v) is 13.4. The Balaban J connectivity index is 1.56. The third-order valence-electron chi connectivity index (χ3n) is 3.58. The van der Waals surface area contributed by atoms with Crippen molar-refractivity contribution in [3.8, 4) is 5.69 Å². The van der Waals surface area contributed by atoms with Gasteiger partial charge in [-0.05, 0) is 31.2 Å². The topological polar surface area (TPSA) is 71.8 Å². The smallest absolute Gasteiger partial charge is 0.239 e. The van der Waals surface area contributed by atoms with E-state index < -0.39 is 0 Å². The molecule has 0 fully saturated rings. The molecular formula is C18H19N5O. The van der Waals surface area contributed by atoms with Gasteiger partial charge < -0.3 is 10.6 Å². The summed E-state index contributed by atoms with van der Waals surface area (Å²) in [4.78, 5) is 12.0. The molecule has 122 valence electrons. The second-order valence-corrected chi connectivity index (χ2v) is 5.43. The second-order valence-electron chi connectivity index (χ2n) is 5.43. The highest BCUT2D eigenvalue weighted by atomic mass is 16.2. The number of rotatable bonds is 6. The second kappa shape index (κ2) is 7.41. The van der Waals surface area contributed by atoms with Crippen molar-refractivity contribution in [2.75, 3.05) is 11.9 Å². The summed E-state index contributed by atoms with van der Waals surface area (Å²) in [7, 11) is 0. The predicted molar refractivity (Wildman–Crippen MR) is 92.8 cm³/mol. The van der Waals surface area contributed by atoms with Gasteiger partial charge in [0, 0.05) is 5.69 Å². The first-order valence-electron chi connectivity index (χ1n) is 7.78. The van der Waals surface area contributed by atoms with Gasteiger partial charge in [-0.25, -0.2) is 4.68 Å². The maximum Gasteiger partial charge on any atom is 0.239 e. The molecule has 6 heteroatoms. The van der Waals surface area contributed by atoms with Crippen LogP contribution in [0.4, 0.5) is 5.69 Å². The number of carbonyl (C=O) groups is 1. The van der Waals surface area contributed by atoms with Crippen molar-refractivity contribution in [3.05, 3.63) is 72.6 Å². The van der Waals surface area contributed by atoms with Crippen LogP contribution in [0.25, 0.3) is 5.69 Å². The summed E-state index contributed by atoms with van der Waals surface area (Å²) in [6, 6.07) is 19.1. The molecule has 1 atom stereocenters. The van der Waals surface area contributed by atoms with Crippen LogP contribution in [0.2, 0.25) is 0 Å². The summed E-state index contributed by atoms with van der Waals surface area (Å²) < 4.78 is 1.69. The molecule has 0 saturated carbocycles. The van der Waals surface area contributed by atoms with E-state index >= 15 is 0 Å². The van der Waals surface area contributed by atoms with Crippen molar-refractivity contribution >= 4 is 11.6 Å². The molecule has 0 aliphatic rings. The van der Waals surface area contributed by atoms with Crippen LogP contribution < -0.4 is 10.6 Å². The lowest BCUT2D eigenvalue weighted by atomic mass is 10.2.